The summed E-state index contributed by atoms with van der Waals surface area (Å²) in [7, 11) is 3.91. The summed E-state index contributed by atoms with van der Waals surface area (Å²) in [5.74, 6) is 1.91. The number of benzene rings is 1. The summed E-state index contributed by atoms with van der Waals surface area (Å²) in [4.78, 5) is 16.1. The maximum absolute atomic E-state index is 12.2. The largest absolute Gasteiger partial charge is 0.414 e. The minimum atomic E-state index is -0.317. The topological polar surface area (TPSA) is 32.8 Å². The van der Waals surface area contributed by atoms with E-state index in [1.165, 1.54) is 25.7 Å². The van der Waals surface area contributed by atoms with E-state index < -0.39 is 0 Å². The molecule has 1 aliphatic rings. The minimum Gasteiger partial charge on any atom is -0.410 e. The van der Waals surface area contributed by atoms with Gasteiger partial charge in [0.2, 0.25) is 0 Å². The molecule has 0 bridgehead atoms. The molecule has 0 heterocycles. The van der Waals surface area contributed by atoms with Crippen molar-refractivity contribution in [1.29, 1.82) is 0 Å². The second-order valence-electron chi connectivity index (χ2n) is 7.75. The molecule has 2 rings (SSSR count). The van der Waals surface area contributed by atoms with E-state index in [1.54, 1.807) is 36.2 Å². The average molecular weight is 405 g/mol. The normalized spacial score (nSPS) is 19.7. The Bertz CT molecular complexity index is 637. The van der Waals surface area contributed by atoms with Crippen molar-refractivity contribution in [3.05, 3.63) is 54.1 Å². The molecule has 0 aromatic heterocycles. The molecular weight excluding hydrogens is 372 g/mol. The first-order valence-electron chi connectivity index (χ1n) is 10.1. The highest BCUT2D eigenvalue weighted by molar-refractivity contribution is 6.30. The predicted octanol–water partition coefficient (Wildman–Crippen LogP) is 5.64. The number of hydrogen-bond donors (Lipinski definition) is 0. The van der Waals surface area contributed by atoms with Crippen LogP contribution in [0.2, 0.25) is 5.02 Å². The zero-order valence-corrected chi connectivity index (χ0v) is 17.9. The van der Waals surface area contributed by atoms with E-state index in [4.69, 9.17) is 16.3 Å². The molecule has 0 atom stereocenters. The Morgan fingerprint density at radius 3 is 2.50 bits per heavy atom. The number of carbonyl (C=O) groups excluding carboxylic acids is 1. The quantitative estimate of drug-likeness (QED) is 0.499. The van der Waals surface area contributed by atoms with Crippen LogP contribution in [0.4, 0.5) is 4.79 Å². The summed E-state index contributed by atoms with van der Waals surface area (Å²) in [5.41, 5.74) is 0. The van der Waals surface area contributed by atoms with Crippen LogP contribution in [0.3, 0.4) is 0 Å². The van der Waals surface area contributed by atoms with E-state index in [-0.39, 0.29) is 6.09 Å². The van der Waals surface area contributed by atoms with Crippen molar-refractivity contribution in [2.45, 2.75) is 32.1 Å². The molecule has 154 valence electrons. The van der Waals surface area contributed by atoms with Gasteiger partial charge in [-0.15, -0.1) is 6.58 Å². The molecule has 0 aliphatic heterocycles. The summed E-state index contributed by atoms with van der Waals surface area (Å²) < 4.78 is 5.38. The summed E-state index contributed by atoms with van der Waals surface area (Å²) >= 11 is 5.85. The van der Waals surface area contributed by atoms with Gasteiger partial charge in [-0.1, -0.05) is 29.8 Å². The summed E-state index contributed by atoms with van der Waals surface area (Å²) in [6.45, 7) is 6.39. The SMILES string of the molecule is C=CCN(C)C/C=C/[C@H]1CC[C@H](CCN(C)C(=O)Oc2ccc(Cl)cc2)CC1. The van der Waals surface area contributed by atoms with E-state index in [9.17, 15) is 4.79 Å². The van der Waals surface area contributed by atoms with E-state index in [0.29, 0.717) is 22.6 Å². The van der Waals surface area contributed by atoms with Gasteiger partial charge in [0.25, 0.3) is 0 Å². The fraction of sp³-hybridized carbons (Fsp3) is 0.522. The number of allylic oxidation sites excluding steroid dienone is 1. The van der Waals surface area contributed by atoms with Gasteiger partial charge in [0, 0.05) is 31.7 Å². The van der Waals surface area contributed by atoms with Gasteiger partial charge in [-0.25, -0.2) is 4.79 Å². The van der Waals surface area contributed by atoms with Gasteiger partial charge in [0.05, 0.1) is 0 Å². The second kappa shape index (κ2) is 11.9. The van der Waals surface area contributed by atoms with E-state index in [0.717, 1.165) is 26.1 Å². The molecule has 28 heavy (non-hydrogen) atoms. The third-order valence-electron chi connectivity index (χ3n) is 5.36. The lowest BCUT2D eigenvalue weighted by Gasteiger charge is -2.28. The molecular formula is C23H33ClN2O2. The van der Waals surface area contributed by atoms with Gasteiger partial charge >= 0.3 is 6.09 Å². The van der Waals surface area contributed by atoms with Crippen LogP contribution in [-0.4, -0.2) is 49.6 Å². The number of likely N-dealkylation sites (N-methyl/N-ethyl adjacent to an activating group) is 1. The van der Waals surface area contributed by atoms with Crippen LogP contribution in [0, 0.1) is 11.8 Å². The smallest absolute Gasteiger partial charge is 0.410 e. The van der Waals surface area contributed by atoms with Gasteiger partial charge in [-0.05, 0) is 75.3 Å². The summed E-state index contributed by atoms with van der Waals surface area (Å²) in [5, 5.41) is 0.627. The Morgan fingerprint density at radius 2 is 1.86 bits per heavy atom. The van der Waals surface area contributed by atoms with E-state index in [2.05, 4.69) is 30.7 Å². The van der Waals surface area contributed by atoms with Crippen LogP contribution in [0.25, 0.3) is 0 Å². The van der Waals surface area contributed by atoms with Gasteiger partial charge in [0.15, 0.2) is 0 Å². The highest BCUT2D eigenvalue weighted by Crippen LogP contribution is 2.31. The minimum absolute atomic E-state index is 0.317. The Hall–Kier alpha value is -1.78. The third-order valence-corrected chi connectivity index (χ3v) is 5.61. The lowest BCUT2D eigenvalue weighted by atomic mass is 9.80. The number of amides is 1. The Morgan fingerprint density at radius 1 is 1.18 bits per heavy atom. The van der Waals surface area contributed by atoms with Crippen molar-refractivity contribution < 1.29 is 9.53 Å². The first-order valence-corrected chi connectivity index (χ1v) is 10.5. The zero-order valence-electron chi connectivity index (χ0n) is 17.1. The van der Waals surface area contributed by atoms with Crippen molar-refractivity contribution in [3.8, 4) is 5.75 Å². The highest BCUT2D eigenvalue weighted by atomic mass is 35.5. The molecule has 5 heteroatoms. The van der Waals surface area contributed by atoms with Crippen LogP contribution < -0.4 is 4.74 Å². The molecule has 0 radical (unpaired) electrons. The number of hydrogen-bond acceptors (Lipinski definition) is 3. The van der Waals surface area contributed by atoms with E-state index in [1.807, 2.05) is 6.08 Å². The number of nitrogens with zero attached hydrogens (tertiary/aromatic N) is 2. The van der Waals surface area contributed by atoms with Crippen LogP contribution in [0.5, 0.6) is 5.75 Å². The molecule has 0 spiro atoms. The number of carbonyl (C=O) groups is 1. The van der Waals surface area contributed by atoms with Crippen LogP contribution in [-0.2, 0) is 0 Å². The lowest BCUT2D eigenvalue weighted by molar-refractivity contribution is 0.157. The molecule has 1 fully saturated rings. The van der Waals surface area contributed by atoms with Crippen molar-refractivity contribution in [2.75, 3.05) is 33.7 Å². The lowest BCUT2D eigenvalue weighted by Crippen LogP contribution is -2.32. The molecule has 1 aliphatic carbocycles. The summed E-state index contributed by atoms with van der Waals surface area (Å²) in [6.07, 6.45) is 12.3. The van der Waals surface area contributed by atoms with Crippen molar-refractivity contribution in [2.24, 2.45) is 11.8 Å². The Labute approximate surface area is 174 Å². The number of halogens is 1. The van der Waals surface area contributed by atoms with Gasteiger partial charge in [-0.3, -0.25) is 4.90 Å². The average Bonchev–Trinajstić information content (AvgIpc) is 2.69. The molecule has 1 amide bonds. The maximum atomic E-state index is 12.2. The second-order valence-corrected chi connectivity index (χ2v) is 8.19. The van der Waals surface area contributed by atoms with Crippen LogP contribution >= 0.6 is 11.6 Å². The van der Waals surface area contributed by atoms with Gasteiger partial charge in [-0.2, -0.15) is 0 Å². The standard InChI is InChI=1S/C23H33ClN2O2/c1-4-16-25(2)17-5-6-19-7-9-20(10-8-19)15-18-26(3)23(27)28-22-13-11-21(24)12-14-22/h4-6,11-14,19-20H,1,7-10,15-18H2,2-3H3/b6-5+/t19-,20-. The molecule has 0 saturated heterocycles. The van der Waals surface area contributed by atoms with Crippen molar-refractivity contribution in [1.82, 2.24) is 9.80 Å². The zero-order chi connectivity index (χ0) is 20.4. The molecule has 4 nitrogen and oxygen atoms in total. The monoisotopic (exact) mass is 404 g/mol. The van der Waals surface area contributed by atoms with Gasteiger partial charge in [0.1, 0.15) is 5.75 Å². The molecule has 1 aromatic carbocycles. The highest BCUT2D eigenvalue weighted by Gasteiger charge is 2.21. The molecule has 0 unspecified atom stereocenters. The van der Waals surface area contributed by atoms with Crippen LogP contribution in [0.1, 0.15) is 32.1 Å². The number of ether oxygens (including phenoxy) is 1. The molecule has 1 saturated carbocycles. The first-order chi connectivity index (χ1) is 13.5. The summed E-state index contributed by atoms with van der Waals surface area (Å²) in [6, 6.07) is 6.85. The fourth-order valence-corrected chi connectivity index (χ4v) is 3.67. The molecule has 1 aromatic rings. The predicted molar refractivity (Wildman–Crippen MR) is 117 cm³/mol. The first kappa shape index (κ1) is 22.5. The van der Waals surface area contributed by atoms with Crippen molar-refractivity contribution >= 4 is 17.7 Å². The third kappa shape index (κ3) is 8.07. The fourth-order valence-electron chi connectivity index (χ4n) is 3.55. The Kier molecular flexibility index (Phi) is 9.59. The van der Waals surface area contributed by atoms with Gasteiger partial charge < -0.3 is 9.64 Å². The molecule has 0 N–H and O–H groups in total. The number of rotatable bonds is 9. The Balaban J connectivity index is 1.64. The van der Waals surface area contributed by atoms with Crippen LogP contribution in [0.15, 0.2) is 49.1 Å². The maximum Gasteiger partial charge on any atom is 0.414 e. The van der Waals surface area contributed by atoms with E-state index >= 15 is 0 Å². The van der Waals surface area contributed by atoms with Crippen molar-refractivity contribution in [3.63, 3.8) is 0 Å².